The molecular formula is C19H22ClNO4S. The van der Waals surface area contributed by atoms with Crippen molar-refractivity contribution in [2.75, 3.05) is 24.9 Å². The van der Waals surface area contributed by atoms with Gasteiger partial charge in [0.1, 0.15) is 16.3 Å². The zero-order valence-electron chi connectivity index (χ0n) is 15.1. The van der Waals surface area contributed by atoms with Gasteiger partial charge in [0.2, 0.25) is 5.91 Å². The van der Waals surface area contributed by atoms with E-state index in [0.717, 1.165) is 21.8 Å². The zero-order valence-corrected chi connectivity index (χ0v) is 16.6. The van der Waals surface area contributed by atoms with Gasteiger partial charge in [-0.25, -0.2) is 4.79 Å². The van der Waals surface area contributed by atoms with Crippen molar-refractivity contribution in [3.05, 3.63) is 34.7 Å². The molecule has 0 atom stereocenters. The lowest BCUT2D eigenvalue weighted by Gasteiger charge is -2.09. The average molecular weight is 396 g/mol. The van der Waals surface area contributed by atoms with Crippen molar-refractivity contribution in [3.8, 4) is 16.9 Å². The van der Waals surface area contributed by atoms with E-state index >= 15 is 0 Å². The smallest absolute Gasteiger partial charge is 0.341 e. The summed E-state index contributed by atoms with van der Waals surface area (Å²) >= 11 is 6.99. The van der Waals surface area contributed by atoms with Crippen LogP contribution in [0.25, 0.3) is 11.1 Å². The van der Waals surface area contributed by atoms with Crippen LogP contribution in [0.15, 0.2) is 24.3 Å². The topological polar surface area (TPSA) is 64.6 Å². The van der Waals surface area contributed by atoms with Crippen LogP contribution in [0.5, 0.6) is 5.75 Å². The van der Waals surface area contributed by atoms with Crippen molar-refractivity contribution < 1.29 is 19.1 Å². The maximum absolute atomic E-state index is 12.4. The van der Waals surface area contributed by atoms with E-state index in [9.17, 15) is 9.59 Å². The summed E-state index contributed by atoms with van der Waals surface area (Å²) in [5.74, 6) is 0.526. The van der Waals surface area contributed by atoms with Crippen molar-refractivity contribution in [3.63, 3.8) is 0 Å². The molecule has 0 unspecified atom stereocenters. The number of alkyl halides is 1. The molecule has 0 bridgehead atoms. The van der Waals surface area contributed by atoms with Crippen molar-refractivity contribution in [1.29, 1.82) is 0 Å². The molecule has 1 N–H and O–H groups in total. The highest BCUT2D eigenvalue weighted by molar-refractivity contribution is 7.17. The quantitative estimate of drug-likeness (QED) is 0.511. The van der Waals surface area contributed by atoms with E-state index in [2.05, 4.69) is 5.32 Å². The minimum Gasteiger partial charge on any atom is -0.494 e. The van der Waals surface area contributed by atoms with Gasteiger partial charge in [0, 0.05) is 22.7 Å². The fourth-order valence-electron chi connectivity index (χ4n) is 2.58. The van der Waals surface area contributed by atoms with Crippen LogP contribution < -0.4 is 10.1 Å². The number of halogens is 1. The third-order valence-corrected chi connectivity index (χ3v) is 5.01. The predicted molar refractivity (Wildman–Crippen MR) is 106 cm³/mol. The minimum atomic E-state index is -0.481. The summed E-state index contributed by atoms with van der Waals surface area (Å²) in [5, 5.41) is 3.32. The minimum absolute atomic E-state index is 0.171. The molecule has 0 fully saturated rings. The summed E-state index contributed by atoms with van der Waals surface area (Å²) in [4.78, 5) is 25.4. The molecule has 0 radical (unpaired) electrons. The molecule has 26 heavy (non-hydrogen) atoms. The fraction of sp³-hybridized carbons (Fsp3) is 0.368. The van der Waals surface area contributed by atoms with E-state index in [1.807, 2.05) is 38.1 Å². The van der Waals surface area contributed by atoms with Crippen molar-refractivity contribution in [1.82, 2.24) is 0 Å². The number of aryl methyl sites for hydroxylation is 1. The number of thiophene rings is 1. The van der Waals surface area contributed by atoms with E-state index in [4.69, 9.17) is 21.1 Å². The summed E-state index contributed by atoms with van der Waals surface area (Å²) in [6.07, 6.45) is 0.885. The SMILES string of the molecule is CCOc1ccc(-c2c(C)sc(NC(=O)CCCCl)c2C(=O)OC)cc1. The second kappa shape index (κ2) is 9.59. The van der Waals surface area contributed by atoms with Gasteiger partial charge < -0.3 is 14.8 Å². The molecule has 2 rings (SSSR count). The summed E-state index contributed by atoms with van der Waals surface area (Å²) in [6.45, 7) is 4.42. The highest BCUT2D eigenvalue weighted by atomic mass is 35.5. The first-order valence-electron chi connectivity index (χ1n) is 8.32. The van der Waals surface area contributed by atoms with E-state index in [1.54, 1.807) is 0 Å². The third-order valence-electron chi connectivity index (χ3n) is 3.72. The molecule has 5 nitrogen and oxygen atoms in total. The van der Waals surface area contributed by atoms with Crippen LogP contribution in [0.4, 0.5) is 5.00 Å². The highest BCUT2D eigenvalue weighted by Crippen LogP contribution is 2.40. The number of rotatable bonds is 8. The summed E-state index contributed by atoms with van der Waals surface area (Å²) in [5.41, 5.74) is 2.00. The van der Waals surface area contributed by atoms with Gasteiger partial charge in [-0.15, -0.1) is 22.9 Å². The molecule has 0 aliphatic carbocycles. The molecule has 140 valence electrons. The van der Waals surface area contributed by atoms with Crippen LogP contribution in [0, 0.1) is 6.92 Å². The summed E-state index contributed by atoms with van der Waals surface area (Å²) in [7, 11) is 1.33. The molecule has 1 amide bonds. The number of nitrogens with one attached hydrogen (secondary N) is 1. The van der Waals surface area contributed by atoms with E-state index < -0.39 is 5.97 Å². The number of anilines is 1. The predicted octanol–water partition coefficient (Wildman–Crippen LogP) is 4.87. The number of ether oxygens (including phenoxy) is 2. The van der Waals surface area contributed by atoms with Crippen molar-refractivity contribution >= 4 is 39.8 Å². The van der Waals surface area contributed by atoms with Gasteiger partial charge >= 0.3 is 5.97 Å². The Kier molecular flexibility index (Phi) is 7.48. The molecule has 0 aliphatic rings. The lowest BCUT2D eigenvalue weighted by atomic mass is 10.0. The molecule has 2 aromatic rings. The molecule has 0 saturated heterocycles. The molecule has 0 aliphatic heterocycles. The maximum Gasteiger partial charge on any atom is 0.341 e. The standard InChI is InChI=1S/C19H22ClNO4S/c1-4-25-14-9-7-13(8-10-14)16-12(2)26-18(17(16)19(23)24-3)21-15(22)6-5-11-20/h7-10H,4-6,11H2,1-3H3,(H,21,22). The lowest BCUT2D eigenvalue weighted by Crippen LogP contribution is -2.13. The largest absolute Gasteiger partial charge is 0.494 e. The maximum atomic E-state index is 12.4. The first-order valence-corrected chi connectivity index (χ1v) is 9.67. The van der Waals surface area contributed by atoms with Crippen LogP contribution >= 0.6 is 22.9 Å². The molecule has 1 heterocycles. The first-order chi connectivity index (χ1) is 12.5. The number of hydrogen-bond donors (Lipinski definition) is 1. The Morgan fingerprint density at radius 1 is 1.23 bits per heavy atom. The Morgan fingerprint density at radius 3 is 2.50 bits per heavy atom. The second-order valence-corrected chi connectivity index (χ2v) is 7.13. The van der Waals surface area contributed by atoms with Gasteiger partial charge in [0.25, 0.3) is 0 Å². The van der Waals surface area contributed by atoms with Gasteiger partial charge in [0.05, 0.1) is 13.7 Å². The first kappa shape index (κ1) is 20.3. The number of hydrogen-bond acceptors (Lipinski definition) is 5. The van der Waals surface area contributed by atoms with Crippen LogP contribution in [0.3, 0.4) is 0 Å². The number of carbonyl (C=O) groups excluding carboxylic acids is 2. The van der Waals surface area contributed by atoms with Crippen LogP contribution in [-0.2, 0) is 9.53 Å². The number of esters is 1. The van der Waals surface area contributed by atoms with Gasteiger partial charge in [-0.2, -0.15) is 0 Å². The Balaban J connectivity index is 2.42. The normalized spacial score (nSPS) is 10.5. The zero-order chi connectivity index (χ0) is 19.1. The highest BCUT2D eigenvalue weighted by Gasteiger charge is 2.25. The monoisotopic (exact) mass is 395 g/mol. The Hall–Kier alpha value is -2.05. The third kappa shape index (κ3) is 4.77. The van der Waals surface area contributed by atoms with E-state index in [-0.39, 0.29) is 5.91 Å². The molecular weight excluding hydrogens is 374 g/mol. The molecule has 1 aromatic carbocycles. The molecule has 0 spiro atoms. The number of benzene rings is 1. The Morgan fingerprint density at radius 2 is 1.92 bits per heavy atom. The summed E-state index contributed by atoms with van der Waals surface area (Å²) < 4.78 is 10.4. The van der Waals surface area contributed by atoms with Gasteiger partial charge in [-0.3, -0.25) is 4.79 Å². The van der Waals surface area contributed by atoms with Gasteiger partial charge in [-0.05, 0) is 38.0 Å². The Labute approximate surface area is 162 Å². The van der Waals surface area contributed by atoms with E-state index in [0.29, 0.717) is 35.9 Å². The van der Waals surface area contributed by atoms with Crippen molar-refractivity contribution in [2.24, 2.45) is 0 Å². The Bertz CT molecular complexity index is 771. The van der Waals surface area contributed by atoms with Gasteiger partial charge in [0.15, 0.2) is 0 Å². The molecule has 0 saturated carbocycles. The molecule has 7 heteroatoms. The van der Waals surface area contributed by atoms with Crippen molar-refractivity contribution in [2.45, 2.75) is 26.7 Å². The van der Waals surface area contributed by atoms with Crippen LogP contribution in [-0.4, -0.2) is 31.5 Å². The number of amides is 1. The lowest BCUT2D eigenvalue weighted by molar-refractivity contribution is -0.116. The van der Waals surface area contributed by atoms with E-state index in [1.165, 1.54) is 18.4 Å². The van der Waals surface area contributed by atoms with Crippen LogP contribution in [0.2, 0.25) is 0 Å². The van der Waals surface area contributed by atoms with Crippen LogP contribution in [0.1, 0.15) is 35.0 Å². The summed E-state index contributed by atoms with van der Waals surface area (Å²) in [6, 6.07) is 7.50. The number of methoxy groups -OCH3 is 1. The number of carbonyl (C=O) groups is 2. The average Bonchev–Trinajstić information content (AvgIpc) is 2.96. The molecule has 1 aromatic heterocycles. The fourth-order valence-corrected chi connectivity index (χ4v) is 3.79. The second-order valence-electron chi connectivity index (χ2n) is 5.53. The van der Waals surface area contributed by atoms with Gasteiger partial charge in [-0.1, -0.05) is 12.1 Å².